The Balaban J connectivity index is 2.73. The van der Waals surface area contributed by atoms with Gasteiger partial charge in [-0.2, -0.15) is 8.78 Å². The Hall–Kier alpha value is -1.75. The van der Waals surface area contributed by atoms with Crippen molar-refractivity contribution >= 4 is 5.97 Å². The molecule has 0 fully saturated rings. The summed E-state index contributed by atoms with van der Waals surface area (Å²) in [5, 5.41) is 0. The minimum absolute atomic E-state index is 0.0714. The molecule has 0 amide bonds. The molecule has 1 aromatic rings. The molecule has 1 rings (SSSR count). The number of carbonyl (C=O) groups excluding carboxylic acids is 1. The fourth-order valence-electron chi connectivity index (χ4n) is 1.81. The summed E-state index contributed by atoms with van der Waals surface area (Å²) in [5.41, 5.74) is -0.0714. The van der Waals surface area contributed by atoms with Crippen LogP contribution >= 0.6 is 0 Å². The Morgan fingerprint density at radius 3 is 2.60 bits per heavy atom. The molecule has 0 N–H and O–H groups in total. The molecule has 0 heterocycles. The molecular formula is C15H19F2NO2. The Labute approximate surface area is 117 Å². The third-order valence-corrected chi connectivity index (χ3v) is 2.66. The molecule has 5 heteroatoms. The molecule has 1 aromatic carbocycles. The predicted octanol–water partition coefficient (Wildman–Crippen LogP) is 2.83. The molecule has 0 bridgehead atoms. The number of alkyl halides is 2. The highest BCUT2D eigenvalue weighted by molar-refractivity contribution is 5.71. The lowest BCUT2D eigenvalue weighted by molar-refractivity contribution is -0.145. The van der Waals surface area contributed by atoms with Crippen LogP contribution in [-0.2, 0) is 15.5 Å². The van der Waals surface area contributed by atoms with Gasteiger partial charge in [0.05, 0.1) is 19.7 Å². The van der Waals surface area contributed by atoms with Crippen LogP contribution in [0.5, 0.6) is 0 Å². The molecule has 3 nitrogen and oxygen atoms in total. The van der Waals surface area contributed by atoms with Crippen LogP contribution in [0, 0.1) is 0 Å². The SMILES string of the molecule is C=CCN(CC(=O)OCC)CC(F)(F)c1ccccc1. The highest BCUT2D eigenvalue weighted by Gasteiger charge is 2.34. The molecule has 0 spiro atoms. The zero-order chi connectivity index (χ0) is 15.0. The van der Waals surface area contributed by atoms with E-state index >= 15 is 0 Å². The largest absolute Gasteiger partial charge is 0.465 e. The van der Waals surface area contributed by atoms with Crippen LogP contribution in [0.1, 0.15) is 12.5 Å². The maximum atomic E-state index is 14.1. The quantitative estimate of drug-likeness (QED) is 0.543. The summed E-state index contributed by atoms with van der Waals surface area (Å²) in [7, 11) is 0. The molecule has 0 aliphatic carbocycles. The van der Waals surface area contributed by atoms with E-state index in [0.29, 0.717) is 0 Å². The number of ether oxygens (including phenoxy) is 1. The highest BCUT2D eigenvalue weighted by atomic mass is 19.3. The van der Waals surface area contributed by atoms with Gasteiger partial charge in [0, 0.05) is 12.1 Å². The second kappa shape index (κ2) is 7.75. The van der Waals surface area contributed by atoms with Crippen LogP contribution in [-0.4, -0.2) is 37.1 Å². The summed E-state index contributed by atoms with van der Waals surface area (Å²) in [6.45, 7) is 4.89. The minimum atomic E-state index is -3.03. The van der Waals surface area contributed by atoms with Gasteiger partial charge in [-0.25, -0.2) is 0 Å². The predicted molar refractivity (Wildman–Crippen MR) is 73.6 cm³/mol. The second-order valence-electron chi connectivity index (χ2n) is 4.33. The van der Waals surface area contributed by atoms with E-state index in [1.54, 1.807) is 25.1 Å². The van der Waals surface area contributed by atoms with E-state index in [2.05, 4.69) is 6.58 Å². The van der Waals surface area contributed by atoms with E-state index in [1.807, 2.05) is 0 Å². The first-order valence-corrected chi connectivity index (χ1v) is 6.41. The highest BCUT2D eigenvalue weighted by Crippen LogP contribution is 2.28. The molecule has 110 valence electrons. The van der Waals surface area contributed by atoms with Crippen molar-refractivity contribution in [3.63, 3.8) is 0 Å². The van der Waals surface area contributed by atoms with Gasteiger partial charge < -0.3 is 4.74 Å². The van der Waals surface area contributed by atoms with E-state index < -0.39 is 18.4 Å². The summed E-state index contributed by atoms with van der Waals surface area (Å²) in [5.74, 6) is -3.55. The first-order valence-electron chi connectivity index (χ1n) is 6.41. The van der Waals surface area contributed by atoms with Gasteiger partial charge in [-0.1, -0.05) is 36.4 Å². The van der Waals surface area contributed by atoms with Crippen molar-refractivity contribution in [3.05, 3.63) is 48.6 Å². The Kier molecular flexibility index (Phi) is 6.31. The van der Waals surface area contributed by atoms with E-state index in [-0.39, 0.29) is 25.3 Å². The zero-order valence-electron chi connectivity index (χ0n) is 11.5. The van der Waals surface area contributed by atoms with Gasteiger partial charge >= 0.3 is 5.97 Å². The molecule has 0 atom stereocenters. The van der Waals surface area contributed by atoms with Crippen LogP contribution in [0.2, 0.25) is 0 Å². The average Bonchev–Trinajstić information content (AvgIpc) is 2.39. The number of halogens is 2. The van der Waals surface area contributed by atoms with E-state index in [4.69, 9.17) is 4.74 Å². The molecule has 0 saturated heterocycles. The number of rotatable bonds is 8. The van der Waals surface area contributed by atoms with Gasteiger partial charge in [0.15, 0.2) is 0 Å². The van der Waals surface area contributed by atoms with Gasteiger partial charge in [0.1, 0.15) is 0 Å². The van der Waals surface area contributed by atoms with Crippen molar-refractivity contribution in [3.8, 4) is 0 Å². The Bertz CT molecular complexity index is 435. The molecule has 0 saturated carbocycles. The maximum Gasteiger partial charge on any atom is 0.320 e. The third kappa shape index (κ3) is 5.09. The zero-order valence-corrected chi connectivity index (χ0v) is 11.5. The van der Waals surface area contributed by atoms with Gasteiger partial charge in [-0.3, -0.25) is 9.69 Å². The second-order valence-corrected chi connectivity index (χ2v) is 4.33. The van der Waals surface area contributed by atoms with Crippen molar-refractivity contribution in [1.82, 2.24) is 4.90 Å². The van der Waals surface area contributed by atoms with Crippen LogP contribution in [0.4, 0.5) is 8.78 Å². The summed E-state index contributed by atoms with van der Waals surface area (Å²) in [6.07, 6.45) is 1.49. The van der Waals surface area contributed by atoms with Gasteiger partial charge in [0.25, 0.3) is 5.92 Å². The first kappa shape index (κ1) is 16.3. The maximum absolute atomic E-state index is 14.1. The molecule has 0 aliphatic rings. The van der Waals surface area contributed by atoms with Crippen LogP contribution in [0.25, 0.3) is 0 Å². The van der Waals surface area contributed by atoms with Gasteiger partial charge in [-0.15, -0.1) is 6.58 Å². The van der Waals surface area contributed by atoms with Crippen LogP contribution in [0.3, 0.4) is 0 Å². The number of carbonyl (C=O) groups is 1. The van der Waals surface area contributed by atoms with Crippen molar-refractivity contribution in [2.75, 3.05) is 26.2 Å². The number of hydrogen-bond donors (Lipinski definition) is 0. The lowest BCUT2D eigenvalue weighted by Crippen LogP contribution is -2.39. The number of hydrogen-bond acceptors (Lipinski definition) is 3. The summed E-state index contributed by atoms with van der Waals surface area (Å²) in [4.78, 5) is 12.7. The van der Waals surface area contributed by atoms with E-state index in [0.717, 1.165) is 0 Å². The fraction of sp³-hybridized carbons (Fsp3) is 0.400. The Morgan fingerprint density at radius 2 is 2.05 bits per heavy atom. The smallest absolute Gasteiger partial charge is 0.320 e. The molecular weight excluding hydrogens is 264 g/mol. The summed E-state index contributed by atoms with van der Waals surface area (Å²) in [6, 6.07) is 7.55. The monoisotopic (exact) mass is 283 g/mol. The average molecular weight is 283 g/mol. The van der Waals surface area contributed by atoms with Crippen molar-refractivity contribution < 1.29 is 18.3 Å². The lowest BCUT2D eigenvalue weighted by Gasteiger charge is -2.25. The lowest BCUT2D eigenvalue weighted by atomic mass is 10.1. The fourth-order valence-corrected chi connectivity index (χ4v) is 1.81. The normalized spacial score (nSPS) is 11.4. The van der Waals surface area contributed by atoms with Crippen molar-refractivity contribution in [2.45, 2.75) is 12.8 Å². The number of benzene rings is 1. The topological polar surface area (TPSA) is 29.5 Å². The van der Waals surface area contributed by atoms with Crippen molar-refractivity contribution in [1.29, 1.82) is 0 Å². The standard InChI is InChI=1S/C15H19F2NO2/c1-3-10-18(11-14(19)20-4-2)12-15(16,17)13-8-6-5-7-9-13/h3,5-9H,1,4,10-12H2,2H3. The molecule has 0 aliphatic heterocycles. The van der Waals surface area contributed by atoms with Crippen molar-refractivity contribution in [2.24, 2.45) is 0 Å². The molecule has 0 unspecified atom stereocenters. The number of esters is 1. The molecule has 0 aromatic heterocycles. The van der Waals surface area contributed by atoms with Crippen LogP contribution < -0.4 is 0 Å². The van der Waals surface area contributed by atoms with E-state index in [1.165, 1.54) is 23.1 Å². The summed E-state index contributed by atoms with van der Waals surface area (Å²) < 4.78 is 33.1. The van der Waals surface area contributed by atoms with Gasteiger partial charge in [-0.05, 0) is 6.92 Å². The Morgan fingerprint density at radius 1 is 1.40 bits per heavy atom. The summed E-state index contributed by atoms with van der Waals surface area (Å²) >= 11 is 0. The third-order valence-electron chi connectivity index (χ3n) is 2.66. The number of nitrogens with zero attached hydrogens (tertiary/aromatic N) is 1. The van der Waals surface area contributed by atoms with Gasteiger partial charge in [0.2, 0.25) is 0 Å². The van der Waals surface area contributed by atoms with Crippen LogP contribution in [0.15, 0.2) is 43.0 Å². The first-order chi connectivity index (χ1) is 9.49. The van der Waals surface area contributed by atoms with E-state index in [9.17, 15) is 13.6 Å². The minimum Gasteiger partial charge on any atom is -0.465 e. The molecule has 20 heavy (non-hydrogen) atoms. The molecule has 0 radical (unpaired) electrons.